The van der Waals surface area contributed by atoms with Gasteiger partial charge in [-0.3, -0.25) is 0 Å². The number of ether oxygens (including phenoxy) is 2. The summed E-state index contributed by atoms with van der Waals surface area (Å²) >= 11 is 0. The molecule has 0 bridgehead atoms. The Labute approximate surface area is 119 Å². The maximum atomic E-state index is 5.60. The van der Waals surface area contributed by atoms with E-state index in [9.17, 15) is 0 Å². The molecule has 1 unspecified atom stereocenters. The van der Waals surface area contributed by atoms with Crippen molar-refractivity contribution >= 4 is 11.0 Å². The third-order valence-corrected chi connectivity index (χ3v) is 4.17. The van der Waals surface area contributed by atoms with Gasteiger partial charge in [-0.2, -0.15) is 0 Å². The molecule has 4 nitrogen and oxygen atoms in total. The summed E-state index contributed by atoms with van der Waals surface area (Å²) in [6.07, 6.45) is 5.19. The molecule has 1 saturated heterocycles. The van der Waals surface area contributed by atoms with Crippen LogP contribution in [0.3, 0.4) is 0 Å². The fourth-order valence-corrected chi connectivity index (χ4v) is 3.07. The van der Waals surface area contributed by atoms with E-state index in [1.165, 1.54) is 10.9 Å². The van der Waals surface area contributed by atoms with Gasteiger partial charge in [0.1, 0.15) is 11.8 Å². The van der Waals surface area contributed by atoms with E-state index < -0.39 is 0 Å². The molecule has 108 valence electrons. The molecule has 3 rings (SSSR count). The number of rotatable bonds is 3. The molecule has 0 aromatic carbocycles. The molecular formula is C16H22N2O2. The van der Waals surface area contributed by atoms with E-state index >= 15 is 0 Å². The summed E-state index contributed by atoms with van der Waals surface area (Å²) in [6, 6.07) is 4.48. The smallest absolute Gasteiger partial charge is 0.140 e. The fourth-order valence-electron chi connectivity index (χ4n) is 3.07. The van der Waals surface area contributed by atoms with Crippen molar-refractivity contribution in [2.45, 2.75) is 38.3 Å². The van der Waals surface area contributed by atoms with Crippen LogP contribution in [0.1, 0.15) is 37.8 Å². The van der Waals surface area contributed by atoms with Crippen molar-refractivity contribution in [1.29, 1.82) is 0 Å². The molecule has 3 heterocycles. The first-order chi connectivity index (χ1) is 9.72. The van der Waals surface area contributed by atoms with Crippen LogP contribution in [0.15, 0.2) is 24.5 Å². The summed E-state index contributed by atoms with van der Waals surface area (Å²) in [5.74, 6) is 0.490. The van der Waals surface area contributed by atoms with E-state index in [0.29, 0.717) is 18.6 Å². The lowest BCUT2D eigenvalue weighted by atomic mass is 10.0. The van der Waals surface area contributed by atoms with Crippen molar-refractivity contribution in [3.63, 3.8) is 0 Å². The second-order valence-electron chi connectivity index (χ2n) is 5.73. The minimum Gasteiger partial charge on any atom is -0.379 e. The van der Waals surface area contributed by atoms with E-state index in [2.05, 4.69) is 35.7 Å². The topological polar surface area (TPSA) is 36.3 Å². The Hall–Kier alpha value is -1.39. The van der Waals surface area contributed by atoms with E-state index in [0.717, 1.165) is 18.7 Å². The Kier molecular flexibility index (Phi) is 3.76. The largest absolute Gasteiger partial charge is 0.379 e. The molecule has 2 aromatic rings. The lowest BCUT2D eigenvalue weighted by Gasteiger charge is -2.31. The Morgan fingerprint density at radius 2 is 2.30 bits per heavy atom. The normalized spacial score (nSPS) is 23.6. The lowest BCUT2D eigenvalue weighted by Crippen LogP contribution is -2.35. The number of methoxy groups -OCH3 is 1. The van der Waals surface area contributed by atoms with Crippen LogP contribution in [0.2, 0.25) is 0 Å². The van der Waals surface area contributed by atoms with Gasteiger partial charge in [0.2, 0.25) is 0 Å². The zero-order valence-electron chi connectivity index (χ0n) is 12.4. The van der Waals surface area contributed by atoms with Crippen molar-refractivity contribution in [2.75, 3.05) is 20.3 Å². The van der Waals surface area contributed by atoms with E-state index in [1.54, 1.807) is 7.11 Å². The second-order valence-corrected chi connectivity index (χ2v) is 5.73. The second kappa shape index (κ2) is 5.54. The molecule has 0 amide bonds. The van der Waals surface area contributed by atoms with Gasteiger partial charge in [-0.1, -0.05) is 13.8 Å². The Morgan fingerprint density at radius 1 is 1.45 bits per heavy atom. The number of hydrogen-bond acceptors (Lipinski definition) is 3. The molecule has 2 atom stereocenters. The van der Waals surface area contributed by atoms with Gasteiger partial charge in [0.25, 0.3) is 0 Å². The van der Waals surface area contributed by atoms with Crippen LogP contribution in [-0.4, -0.2) is 36.0 Å². The van der Waals surface area contributed by atoms with Crippen molar-refractivity contribution in [3.05, 3.63) is 30.1 Å². The molecule has 1 aliphatic rings. The predicted molar refractivity (Wildman–Crippen MR) is 79.1 cm³/mol. The van der Waals surface area contributed by atoms with Crippen molar-refractivity contribution in [3.8, 4) is 0 Å². The van der Waals surface area contributed by atoms with Gasteiger partial charge in [0, 0.05) is 31.5 Å². The van der Waals surface area contributed by atoms with Gasteiger partial charge in [0.15, 0.2) is 0 Å². The van der Waals surface area contributed by atoms with Gasteiger partial charge in [-0.25, -0.2) is 4.98 Å². The monoisotopic (exact) mass is 274 g/mol. The molecule has 0 spiro atoms. The predicted octanol–water partition coefficient (Wildman–Crippen LogP) is 3.14. The van der Waals surface area contributed by atoms with Crippen LogP contribution in [0.25, 0.3) is 11.0 Å². The van der Waals surface area contributed by atoms with Crippen molar-refractivity contribution in [1.82, 2.24) is 9.55 Å². The van der Waals surface area contributed by atoms with Gasteiger partial charge < -0.3 is 14.0 Å². The van der Waals surface area contributed by atoms with E-state index in [1.807, 2.05) is 12.3 Å². The Morgan fingerprint density at radius 3 is 3.05 bits per heavy atom. The van der Waals surface area contributed by atoms with Crippen LogP contribution in [0, 0.1) is 0 Å². The number of fused-ring (bicyclic) bond motifs is 1. The lowest BCUT2D eigenvalue weighted by molar-refractivity contribution is -0.0592. The highest BCUT2D eigenvalue weighted by Crippen LogP contribution is 2.32. The minimum atomic E-state index is 0.0985. The highest BCUT2D eigenvalue weighted by Gasteiger charge is 2.29. The van der Waals surface area contributed by atoms with Crippen molar-refractivity contribution < 1.29 is 9.47 Å². The van der Waals surface area contributed by atoms with Crippen molar-refractivity contribution in [2.24, 2.45) is 0 Å². The molecule has 1 fully saturated rings. The average Bonchev–Trinajstić information content (AvgIpc) is 2.87. The van der Waals surface area contributed by atoms with Crippen LogP contribution >= 0.6 is 0 Å². The van der Waals surface area contributed by atoms with Crippen LogP contribution in [-0.2, 0) is 9.47 Å². The molecule has 0 aliphatic carbocycles. The summed E-state index contributed by atoms with van der Waals surface area (Å²) in [4.78, 5) is 4.59. The first-order valence-corrected chi connectivity index (χ1v) is 7.28. The Bertz CT molecular complexity index is 591. The first-order valence-electron chi connectivity index (χ1n) is 7.28. The molecule has 0 N–H and O–H groups in total. The highest BCUT2D eigenvalue weighted by molar-refractivity contribution is 5.81. The summed E-state index contributed by atoms with van der Waals surface area (Å²) in [5, 5.41) is 1.25. The zero-order chi connectivity index (χ0) is 14.1. The van der Waals surface area contributed by atoms with Crippen LogP contribution < -0.4 is 0 Å². The average molecular weight is 274 g/mol. The number of nitrogens with zero attached hydrogens (tertiary/aromatic N) is 2. The van der Waals surface area contributed by atoms with Crippen LogP contribution in [0.4, 0.5) is 0 Å². The fraction of sp³-hybridized carbons (Fsp3) is 0.562. The number of pyridine rings is 1. The third kappa shape index (κ3) is 2.23. The van der Waals surface area contributed by atoms with E-state index in [4.69, 9.17) is 9.47 Å². The van der Waals surface area contributed by atoms with Gasteiger partial charge in [-0.05, 0) is 30.0 Å². The summed E-state index contributed by atoms with van der Waals surface area (Å²) in [6.45, 7) is 5.90. The highest BCUT2D eigenvalue weighted by atomic mass is 16.5. The van der Waals surface area contributed by atoms with Gasteiger partial charge in [0.05, 0.1) is 12.6 Å². The third-order valence-electron chi connectivity index (χ3n) is 4.17. The Balaban J connectivity index is 2.10. The minimum absolute atomic E-state index is 0.0985. The number of aromatic nitrogens is 2. The van der Waals surface area contributed by atoms with E-state index in [-0.39, 0.29) is 6.10 Å². The molecule has 20 heavy (non-hydrogen) atoms. The molecule has 2 aromatic heterocycles. The molecule has 4 heteroatoms. The summed E-state index contributed by atoms with van der Waals surface area (Å²) in [7, 11) is 1.76. The zero-order valence-corrected chi connectivity index (χ0v) is 12.4. The molecular weight excluding hydrogens is 252 g/mol. The van der Waals surface area contributed by atoms with Gasteiger partial charge >= 0.3 is 0 Å². The van der Waals surface area contributed by atoms with Gasteiger partial charge in [-0.15, -0.1) is 0 Å². The maximum Gasteiger partial charge on any atom is 0.140 e. The first kappa shape index (κ1) is 13.6. The molecule has 1 aliphatic heterocycles. The standard InChI is InChI=1S/C16H22N2O2/c1-11(2)13-9-18(16-12(13)5-4-7-17-16)14-6-8-20-10-15(14)19-3/h4-5,7,9,11,14-15H,6,8,10H2,1-3H3/t14?,15-/m1/s1. The maximum absolute atomic E-state index is 5.60. The molecule has 0 saturated carbocycles. The van der Waals surface area contributed by atoms with Crippen LogP contribution in [0.5, 0.6) is 0 Å². The quantitative estimate of drug-likeness (QED) is 0.862. The SMILES string of the molecule is CO[C@@H]1COCCC1n1cc(C(C)C)c2cccnc21. The summed E-state index contributed by atoms with van der Waals surface area (Å²) in [5.41, 5.74) is 2.42. The summed E-state index contributed by atoms with van der Waals surface area (Å²) < 4.78 is 13.4. The number of hydrogen-bond donors (Lipinski definition) is 0. The molecule has 0 radical (unpaired) electrons.